The second-order valence-electron chi connectivity index (χ2n) is 5.67. The number of thioether (sulfide) groups is 1. The van der Waals surface area contributed by atoms with Crippen molar-refractivity contribution >= 4 is 39.6 Å². The van der Waals surface area contributed by atoms with Gasteiger partial charge in [-0.2, -0.15) is 11.8 Å². The molecule has 0 aromatic heterocycles. The number of urea groups is 1. The molecule has 2 rings (SSSR count). The van der Waals surface area contributed by atoms with Crippen LogP contribution in [0, 0.1) is 0 Å². The molecule has 1 aliphatic rings. The van der Waals surface area contributed by atoms with Gasteiger partial charge in [-0.15, -0.1) is 0 Å². The van der Waals surface area contributed by atoms with Crippen molar-refractivity contribution in [2.75, 3.05) is 12.0 Å². The third-order valence-corrected chi connectivity index (χ3v) is 4.88. The van der Waals surface area contributed by atoms with Gasteiger partial charge in [0, 0.05) is 17.1 Å². The first-order valence-corrected chi connectivity index (χ1v) is 9.79. The van der Waals surface area contributed by atoms with Crippen LogP contribution in [0.5, 0.6) is 0 Å². The lowest BCUT2D eigenvalue weighted by atomic mass is 10.1. The molecule has 1 atom stereocenters. The third kappa shape index (κ3) is 5.73. The van der Waals surface area contributed by atoms with E-state index in [4.69, 9.17) is 5.73 Å². The maximum Gasteiger partial charge on any atom is 0.312 e. The Kier molecular flexibility index (Phi) is 6.77. The molecule has 1 saturated carbocycles. The largest absolute Gasteiger partial charge is 0.352 e. The molecule has 0 radical (unpaired) electrons. The quantitative estimate of drug-likeness (QED) is 0.705. The maximum absolute atomic E-state index is 12.9. The van der Waals surface area contributed by atoms with Crippen LogP contribution >= 0.6 is 27.7 Å². The molecule has 5 nitrogen and oxygen atoms in total. The van der Waals surface area contributed by atoms with Crippen LogP contribution in [-0.2, 0) is 11.3 Å². The highest BCUT2D eigenvalue weighted by atomic mass is 79.9. The van der Waals surface area contributed by atoms with Gasteiger partial charge in [-0.1, -0.05) is 28.1 Å². The molecule has 1 unspecified atom stereocenters. The highest BCUT2D eigenvalue weighted by Crippen LogP contribution is 2.29. The molecule has 1 aliphatic carbocycles. The van der Waals surface area contributed by atoms with E-state index in [-0.39, 0.29) is 11.9 Å². The molecule has 3 amide bonds. The van der Waals surface area contributed by atoms with Crippen molar-refractivity contribution < 1.29 is 9.59 Å². The molecule has 1 aromatic rings. The number of hydrogen-bond donors (Lipinski definition) is 2. The SMILES string of the molecule is CSCCC(NC(N)=O)C(=O)N(Cc1cccc(Br)c1)C1CC1. The smallest absolute Gasteiger partial charge is 0.312 e. The summed E-state index contributed by atoms with van der Waals surface area (Å²) in [6, 6.07) is 7.01. The van der Waals surface area contributed by atoms with Gasteiger partial charge in [-0.05, 0) is 49.0 Å². The molecule has 0 aliphatic heterocycles. The summed E-state index contributed by atoms with van der Waals surface area (Å²) >= 11 is 5.10. The van der Waals surface area contributed by atoms with Gasteiger partial charge in [0.05, 0.1) is 0 Å². The summed E-state index contributed by atoms with van der Waals surface area (Å²) in [5.74, 6) is 0.756. The van der Waals surface area contributed by atoms with E-state index in [2.05, 4.69) is 21.2 Å². The van der Waals surface area contributed by atoms with Crippen molar-refractivity contribution in [3.63, 3.8) is 0 Å². The van der Waals surface area contributed by atoms with Gasteiger partial charge in [0.2, 0.25) is 5.91 Å². The van der Waals surface area contributed by atoms with Crippen LogP contribution < -0.4 is 11.1 Å². The molecule has 3 N–H and O–H groups in total. The lowest BCUT2D eigenvalue weighted by Gasteiger charge is -2.28. The minimum absolute atomic E-state index is 0.0414. The Morgan fingerprint density at radius 1 is 1.48 bits per heavy atom. The Bertz CT molecular complexity index is 566. The van der Waals surface area contributed by atoms with Crippen molar-refractivity contribution in [2.45, 2.75) is 37.9 Å². The van der Waals surface area contributed by atoms with Gasteiger partial charge >= 0.3 is 6.03 Å². The zero-order chi connectivity index (χ0) is 16.8. The van der Waals surface area contributed by atoms with Gasteiger partial charge in [0.1, 0.15) is 6.04 Å². The van der Waals surface area contributed by atoms with E-state index in [1.54, 1.807) is 11.8 Å². The van der Waals surface area contributed by atoms with Crippen LogP contribution in [0.3, 0.4) is 0 Å². The Hall–Kier alpha value is -1.21. The van der Waals surface area contributed by atoms with Crippen molar-refractivity contribution in [3.05, 3.63) is 34.3 Å². The van der Waals surface area contributed by atoms with Gasteiger partial charge in [0.25, 0.3) is 0 Å². The topological polar surface area (TPSA) is 75.4 Å². The van der Waals surface area contributed by atoms with Gasteiger partial charge in [-0.3, -0.25) is 4.79 Å². The van der Waals surface area contributed by atoms with E-state index in [0.717, 1.165) is 28.6 Å². The van der Waals surface area contributed by atoms with Crippen molar-refractivity contribution in [3.8, 4) is 0 Å². The summed E-state index contributed by atoms with van der Waals surface area (Å²) in [6.45, 7) is 0.555. The Morgan fingerprint density at radius 2 is 2.22 bits per heavy atom. The predicted molar refractivity (Wildman–Crippen MR) is 97.2 cm³/mol. The van der Waals surface area contributed by atoms with Gasteiger partial charge < -0.3 is 16.0 Å². The van der Waals surface area contributed by atoms with E-state index in [9.17, 15) is 9.59 Å². The van der Waals surface area contributed by atoms with E-state index in [0.29, 0.717) is 13.0 Å². The molecule has 7 heteroatoms. The third-order valence-electron chi connectivity index (χ3n) is 3.74. The fourth-order valence-corrected chi connectivity index (χ4v) is 3.39. The number of halogens is 1. The summed E-state index contributed by atoms with van der Waals surface area (Å²) in [5, 5.41) is 2.60. The van der Waals surface area contributed by atoms with Crippen molar-refractivity contribution in [1.82, 2.24) is 10.2 Å². The number of carbonyl (C=O) groups is 2. The number of nitrogens with one attached hydrogen (secondary N) is 1. The number of rotatable bonds is 8. The molecular formula is C16H22BrN3O2S. The fourth-order valence-electron chi connectivity index (χ4n) is 2.47. The average Bonchev–Trinajstić information content (AvgIpc) is 3.33. The van der Waals surface area contributed by atoms with Crippen LogP contribution in [0.4, 0.5) is 4.79 Å². The number of primary amides is 1. The van der Waals surface area contributed by atoms with E-state index < -0.39 is 12.1 Å². The summed E-state index contributed by atoms with van der Waals surface area (Å²) in [5.41, 5.74) is 6.30. The Morgan fingerprint density at radius 3 is 2.78 bits per heavy atom. The summed E-state index contributed by atoms with van der Waals surface area (Å²) in [6.07, 6.45) is 4.60. The van der Waals surface area contributed by atoms with Gasteiger partial charge in [0.15, 0.2) is 0 Å². The molecule has 0 saturated heterocycles. The van der Waals surface area contributed by atoms with Crippen molar-refractivity contribution in [2.24, 2.45) is 5.73 Å². The predicted octanol–water partition coefficient (Wildman–Crippen LogP) is 2.73. The highest BCUT2D eigenvalue weighted by molar-refractivity contribution is 9.10. The fraction of sp³-hybridized carbons (Fsp3) is 0.500. The zero-order valence-electron chi connectivity index (χ0n) is 13.1. The number of nitrogens with two attached hydrogens (primary N) is 1. The molecule has 23 heavy (non-hydrogen) atoms. The molecule has 0 heterocycles. The first-order valence-electron chi connectivity index (χ1n) is 7.61. The summed E-state index contributed by atoms with van der Waals surface area (Å²) in [4.78, 5) is 26.0. The Labute approximate surface area is 149 Å². The normalized spacial score (nSPS) is 15.0. The monoisotopic (exact) mass is 399 g/mol. The second-order valence-corrected chi connectivity index (χ2v) is 7.57. The first kappa shape index (κ1) is 18.1. The molecule has 1 fully saturated rings. The van der Waals surface area contributed by atoms with Crippen LogP contribution in [0.15, 0.2) is 28.7 Å². The summed E-state index contributed by atoms with van der Waals surface area (Å²) in [7, 11) is 0. The van der Waals surface area contributed by atoms with Crippen LogP contribution in [0.1, 0.15) is 24.8 Å². The van der Waals surface area contributed by atoms with Crippen LogP contribution in [0.2, 0.25) is 0 Å². The lowest BCUT2D eigenvalue weighted by Crippen LogP contribution is -2.50. The highest BCUT2D eigenvalue weighted by Gasteiger charge is 2.36. The van der Waals surface area contributed by atoms with Gasteiger partial charge in [-0.25, -0.2) is 4.79 Å². The minimum atomic E-state index is -0.650. The number of hydrogen-bond acceptors (Lipinski definition) is 3. The van der Waals surface area contributed by atoms with E-state index >= 15 is 0 Å². The van der Waals surface area contributed by atoms with Crippen molar-refractivity contribution in [1.29, 1.82) is 0 Å². The van der Waals surface area contributed by atoms with Crippen LogP contribution in [0.25, 0.3) is 0 Å². The zero-order valence-corrected chi connectivity index (χ0v) is 15.5. The van der Waals surface area contributed by atoms with E-state index in [1.165, 1.54) is 0 Å². The first-order chi connectivity index (χ1) is 11.0. The maximum atomic E-state index is 12.9. The number of benzene rings is 1. The molecule has 0 bridgehead atoms. The number of nitrogens with zero attached hydrogens (tertiary/aromatic N) is 1. The number of amides is 3. The van der Waals surface area contributed by atoms with Crippen LogP contribution in [-0.4, -0.2) is 40.9 Å². The molecule has 1 aromatic carbocycles. The molecular weight excluding hydrogens is 378 g/mol. The number of carbonyl (C=O) groups excluding carboxylic acids is 2. The minimum Gasteiger partial charge on any atom is -0.352 e. The summed E-state index contributed by atoms with van der Waals surface area (Å²) < 4.78 is 0.993. The standard InChI is InChI=1S/C16H22BrN3O2S/c1-23-8-7-14(19-16(18)22)15(21)20(13-5-6-13)10-11-3-2-4-12(17)9-11/h2-4,9,13-14H,5-8,10H2,1H3,(H3,18,19,22). The van der Waals surface area contributed by atoms with E-state index in [1.807, 2.05) is 35.4 Å². The average molecular weight is 400 g/mol. The Balaban J connectivity index is 2.10. The second kappa shape index (κ2) is 8.59. The molecule has 126 valence electrons. The molecule has 0 spiro atoms. The lowest BCUT2D eigenvalue weighted by molar-refractivity contribution is -0.134.